The van der Waals surface area contributed by atoms with Crippen LogP contribution in [0.2, 0.25) is 5.02 Å². The van der Waals surface area contributed by atoms with Crippen LogP contribution in [-0.4, -0.2) is 18.5 Å². The monoisotopic (exact) mass is 306 g/mol. The van der Waals surface area contributed by atoms with E-state index in [9.17, 15) is 9.18 Å². The van der Waals surface area contributed by atoms with Crippen LogP contribution in [0, 0.1) is 5.82 Å². The number of halogens is 2. The summed E-state index contributed by atoms with van der Waals surface area (Å²) in [6.07, 6.45) is -0.702. The minimum Gasteiger partial charge on any atom is -0.485 e. The second-order valence-electron chi connectivity index (χ2n) is 4.74. The van der Waals surface area contributed by atoms with Crippen molar-refractivity contribution in [3.05, 3.63) is 58.9 Å². The third kappa shape index (κ3) is 3.00. The van der Waals surface area contributed by atoms with Crippen LogP contribution in [0.25, 0.3) is 0 Å². The standard InChI is InChI=1S/C16H12ClFO3/c17-12-6-5-11(18)7-10(12)8-13(19)16-9-20-14-3-1-2-4-15(14)21-16/h1-7,16H,8-9H2. The first-order valence-corrected chi connectivity index (χ1v) is 6.86. The van der Waals surface area contributed by atoms with Crippen molar-refractivity contribution in [1.29, 1.82) is 0 Å². The molecule has 1 aliphatic rings. The molecule has 1 aliphatic heterocycles. The van der Waals surface area contributed by atoms with Gasteiger partial charge in [-0.3, -0.25) is 4.79 Å². The number of hydrogen-bond donors (Lipinski definition) is 0. The maximum Gasteiger partial charge on any atom is 0.191 e. The van der Waals surface area contributed by atoms with Gasteiger partial charge < -0.3 is 9.47 Å². The third-order valence-corrected chi connectivity index (χ3v) is 3.61. The summed E-state index contributed by atoms with van der Waals surface area (Å²) >= 11 is 5.97. The van der Waals surface area contributed by atoms with E-state index in [0.717, 1.165) is 0 Å². The van der Waals surface area contributed by atoms with Crippen LogP contribution >= 0.6 is 11.6 Å². The molecule has 0 amide bonds. The topological polar surface area (TPSA) is 35.5 Å². The lowest BCUT2D eigenvalue weighted by Crippen LogP contribution is -2.37. The lowest BCUT2D eigenvalue weighted by Gasteiger charge is -2.25. The van der Waals surface area contributed by atoms with E-state index < -0.39 is 11.9 Å². The highest BCUT2D eigenvalue weighted by Gasteiger charge is 2.27. The quantitative estimate of drug-likeness (QED) is 0.871. The lowest BCUT2D eigenvalue weighted by molar-refractivity contribution is -0.127. The number of benzene rings is 2. The van der Waals surface area contributed by atoms with E-state index in [1.54, 1.807) is 18.2 Å². The van der Waals surface area contributed by atoms with Crippen LogP contribution in [0.5, 0.6) is 11.5 Å². The highest BCUT2D eigenvalue weighted by atomic mass is 35.5. The number of para-hydroxylation sites is 2. The average Bonchev–Trinajstić information content (AvgIpc) is 2.50. The molecule has 0 N–H and O–H groups in total. The van der Waals surface area contributed by atoms with Crippen LogP contribution in [-0.2, 0) is 11.2 Å². The van der Waals surface area contributed by atoms with Crippen LogP contribution < -0.4 is 9.47 Å². The Bertz CT molecular complexity index is 687. The Balaban J connectivity index is 1.74. The van der Waals surface area contributed by atoms with Crippen molar-refractivity contribution in [2.45, 2.75) is 12.5 Å². The highest BCUT2D eigenvalue weighted by molar-refractivity contribution is 6.31. The molecular weight excluding hydrogens is 295 g/mol. The van der Waals surface area contributed by atoms with Gasteiger partial charge >= 0.3 is 0 Å². The first-order valence-electron chi connectivity index (χ1n) is 6.48. The van der Waals surface area contributed by atoms with Crippen LogP contribution in [0.15, 0.2) is 42.5 Å². The van der Waals surface area contributed by atoms with Gasteiger partial charge in [0.1, 0.15) is 12.4 Å². The second kappa shape index (κ2) is 5.74. The van der Waals surface area contributed by atoms with Gasteiger partial charge in [0.05, 0.1) is 0 Å². The summed E-state index contributed by atoms with van der Waals surface area (Å²) in [5, 5.41) is 0.363. The molecule has 0 radical (unpaired) electrons. The number of fused-ring (bicyclic) bond motifs is 1. The summed E-state index contributed by atoms with van der Waals surface area (Å²) in [5.41, 5.74) is 0.448. The van der Waals surface area contributed by atoms with Crippen molar-refractivity contribution in [2.24, 2.45) is 0 Å². The Kier molecular flexibility index (Phi) is 3.80. The van der Waals surface area contributed by atoms with Gasteiger partial charge in [-0.25, -0.2) is 4.39 Å². The fourth-order valence-corrected chi connectivity index (χ4v) is 2.34. The van der Waals surface area contributed by atoms with E-state index in [1.807, 2.05) is 6.07 Å². The summed E-state index contributed by atoms with van der Waals surface area (Å²) in [4.78, 5) is 12.3. The summed E-state index contributed by atoms with van der Waals surface area (Å²) < 4.78 is 24.3. The fourth-order valence-electron chi connectivity index (χ4n) is 2.16. The first kappa shape index (κ1) is 13.9. The molecule has 1 atom stereocenters. The summed E-state index contributed by atoms with van der Waals surface area (Å²) in [5.74, 6) is 0.531. The van der Waals surface area contributed by atoms with E-state index in [2.05, 4.69) is 0 Å². The molecule has 0 saturated carbocycles. The number of hydrogen-bond acceptors (Lipinski definition) is 3. The predicted molar refractivity (Wildman–Crippen MR) is 76.5 cm³/mol. The molecule has 0 fully saturated rings. The molecule has 3 nitrogen and oxygen atoms in total. The van der Waals surface area contributed by atoms with Gasteiger partial charge in [-0.15, -0.1) is 0 Å². The van der Waals surface area contributed by atoms with Crippen molar-refractivity contribution < 1.29 is 18.7 Å². The molecule has 0 saturated heterocycles. The zero-order valence-electron chi connectivity index (χ0n) is 11.0. The van der Waals surface area contributed by atoms with Gasteiger partial charge in [0.15, 0.2) is 23.4 Å². The molecule has 0 spiro atoms. The lowest BCUT2D eigenvalue weighted by atomic mass is 10.0. The molecule has 2 aromatic rings. The van der Waals surface area contributed by atoms with E-state index >= 15 is 0 Å². The smallest absolute Gasteiger partial charge is 0.191 e. The molecule has 0 bridgehead atoms. The van der Waals surface area contributed by atoms with E-state index in [0.29, 0.717) is 22.1 Å². The van der Waals surface area contributed by atoms with Crippen LogP contribution in [0.3, 0.4) is 0 Å². The van der Waals surface area contributed by atoms with E-state index in [4.69, 9.17) is 21.1 Å². The third-order valence-electron chi connectivity index (χ3n) is 3.24. The van der Waals surface area contributed by atoms with Crippen molar-refractivity contribution in [3.63, 3.8) is 0 Å². The molecule has 3 rings (SSSR count). The Hall–Kier alpha value is -2.07. The Morgan fingerprint density at radius 3 is 2.81 bits per heavy atom. The first-order chi connectivity index (χ1) is 10.1. The molecule has 0 aliphatic carbocycles. The molecule has 2 aromatic carbocycles. The molecule has 1 unspecified atom stereocenters. The normalized spacial score (nSPS) is 16.6. The summed E-state index contributed by atoms with van der Waals surface area (Å²) in [7, 11) is 0. The minimum atomic E-state index is -0.709. The molecular formula is C16H12ClFO3. The van der Waals surface area contributed by atoms with E-state index in [-0.39, 0.29) is 18.8 Å². The number of carbonyl (C=O) groups excluding carboxylic acids is 1. The van der Waals surface area contributed by atoms with Gasteiger partial charge in [-0.1, -0.05) is 23.7 Å². The Labute approximate surface area is 126 Å². The second-order valence-corrected chi connectivity index (χ2v) is 5.15. The zero-order chi connectivity index (χ0) is 14.8. The largest absolute Gasteiger partial charge is 0.485 e. The summed E-state index contributed by atoms with van der Waals surface area (Å²) in [6.45, 7) is 0.142. The van der Waals surface area contributed by atoms with Crippen LogP contribution in [0.1, 0.15) is 5.56 Å². The van der Waals surface area contributed by atoms with Crippen molar-refractivity contribution >= 4 is 17.4 Å². The predicted octanol–water partition coefficient (Wildman–Crippen LogP) is 3.43. The van der Waals surface area contributed by atoms with Crippen molar-refractivity contribution in [1.82, 2.24) is 0 Å². The summed E-state index contributed by atoms with van der Waals surface area (Å²) in [6, 6.07) is 11.1. The number of rotatable bonds is 3. The van der Waals surface area contributed by atoms with Crippen molar-refractivity contribution in [2.75, 3.05) is 6.61 Å². The zero-order valence-corrected chi connectivity index (χ0v) is 11.8. The number of ether oxygens (including phenoxy) is 2. The van der Waals surface area contributed by atoms with Crippen molar-refractivity contribution in [3.8, 4) is 11.5 Å². The molecule has 5 heteroatoms. The van der Waals surface area contributed by atoms with Gasteiger partial charge in [0.25, 0.3) is 0 Å². The highest BCUT2D eigenvalue weighted by Crippen LogP contribution is 2.31. The van der Waals surface area contributed by atoms with Gasteiger partial charge in [-0.05, 0) is 35.9 Å². The van der Waals surface area contributed by atoms with Crippen LogP contribution in [0.4, 0.5) is 4.39 Å². The molecule has 21 heavy (non-hydrogen) atoms. The molecule has 108 valence electrons. The average molecular weight is 307 g/mol. The van der Waals surface area contributed by atoms with Gasteiger partial charge in [-0.2, -0.15) is 0 Å². The maximum atomic E-state index is 13.2. The fraction of sp³-hybridized carbons (Fsp3) is 0.188. The minimum absolute atomic E-state index is 0.00673. The number of Topliss-reactive ketones (excluding diaryl/α,β-unsaturated/α-hetero) is 1. The van der Waals surface area contributed by atoms with Gasteiger partial charge in [0, 0.05) is 11.4 Å². The number of ketones is 1. The Morgan fingerprint density at radius 1 is 1.24 bits per heavy atom. The van der Waals surface area contributed by atoms with E-state index in [1.165, 1.54) is 18.2 Å². The molecule has 1 heterocycles. The SMILES string of the molecule is O=C(Cc1cc(F)ccc1Cl)C1COc2ccccc2O1. The maximum absolute atomic E-state index is 13.2. The Morgan fingerprint density at radius 2 is 2.00 bits per heavy atom. The molecule has 0 aromatic heterocycles. The number of carbonyl (C=O) groups is 1. The van der Waals surface area contributed by atoms with Gasteiger partial charge in [0.2, 0.25) is 0 Å².